The van der Waals surface area contributed by atoms with Crippen LogP contribution in [0.3, 0.4) is 0 Å². The van der Waals surface area contributed by atoms with Crippen LogP contribution in [-0.4, -0.2) is 0 Å². The van der Waals surface area contributed by atoms with Crippen LogP contribution in [0.5, 0.6) is 0 Å². The Morgan fingerprint density at radius 3 is 1.92 bits per heavy atom. The van der Waals surface area contributed by atoms with Crippen molar-refractivity contribution in [3.63, 3.8) is 0 Å². The highest BCUT2D eigenvalue weighted by Gasteiger charge is 2.27. The Balaban J connectivity index is 4.72. The van der Waals surface area contributed by atoms with Crippen molar-refractivity contribution in [1.82, 2.24) is 0 Å². The summed E-state index contributed by atoms with van der Waals surface area (Å²) in [6.45, 7) is 21.8. The molecule has 0 spiro atoms. The molecule has 0 heteroatoms. The first-order chi connectivity index (χ1) is 11.6. The molecule has 0 aliphatic carbocycles. The molecular formula is C25H52. The van der Waals surface area contributed by atoms with Crippen molar-refractivity contribution >= 4 is 0 Å². The maximum Gasteiger partial charge on any atom is -0.0354 e. The van der Waals surface area contributed by atoms with Crippen LogP contribution in [0.4, 0.5) is 0 Å². The van der Waals surface area contributed by atoms with Crippen LogP contribution in [0.25, 0.3) is 0 Å². The van der Waals surface area contributed by atoms with Crippen LogP contribution in [0.2, 0.25) is 0 Å². The molecule has 0 saturated carbocycles. The summed E-state index contributed by atoms with van der Waals surface area (Å²) in [7, 11) is 0. The first kappa shape index (κ1) is 25.0. The highest BCUT2D eigenvalue weighted by Crippen LogP contribution is 2.39. The zero-order chi connectivity index (χ0) is 19.5. The molecule has 0 amide bonds. The van der Waals surface area contributed by atoms with E-state index in [-0.39, 0.29) is 0 Å². The molecule has 0 aromatic carbocycles. The van der Waals surface area contributed by atoms with E-state index < -0.39 is 0 Å². The molecule has 0 aliphatic heterocycles. The Morgan fingerprint density at radius 1 is 0.800 bits per heavy atom. The van der Waals surface area contributed by atoms with Gasteiger partial charge in [0, 0.05) is 0 Å². The molecule has 0 rings (SSSR count). The van der Waals surface area contributed by atoms with Gasteiger partial charge in [-0.05, 0) is 54.3 Å². The maximum atomic E-state index is 2.57. The molecule has 0 N–H and O–H groups in total. The van der Waals surface area contributed by atoms with Gasteiger partial charge in [0.1, 0.15) is 0 Å². The van der Waals surface area contributed by atoms with E-state index in [2.05, 4.69) is 62.3 Å². The summed E-state index contributed by atoms with van der Waals surface area (Å²) < 4.78 is 0. The van der Waals surface area contributed by atoms with Crippen molar-refractivity contribution in [2.24, 2.45) is 35.0 Å². The Morgan fingerprint density at radius 2 is 1.44 bits per heavy atom. The summed E-state index contributed by atoms with van der Waals surface area (Å²) in [4.78, 5) is 0. The van der Waals surface area contributed by atoms with Gasteiger partial charge in [0.25, 0.3) is 0 Å². The zero-order valence-corrected chi connectivity index (χ0v) is 19.5. The molecule has 0 aromatic heterocycles. The average molecular weight is 353 g/mol. The van der Waals surface area contributed by atoms with E-state index in [4.69, 9.17) is 0 Å². The van der Waals surface area contributed by atoms with Crippen molar-refractivity contribution in [2.45, 2.75) is 127 Å². The summed E-state index contributed by atoms with van der Waals surface area (Å²) in [5, 5.41) is 0. The minimum Gasteiger partial charge on any atom is -0.0654 e. The van der Waals surface area contributed by atoms with Crippen LogP contribution in [-0.2, 0) is 0 Å². The van der Waals surface area contributed by atoms with Crippen molar-refractivity contribution in [3.8, 4) is 0 Å². The summed E-state index contributed by atoms with van der Waals surface area (Å²) in [6.07, 6.45) is 14.1. The molecule has 0 radical (unpaired) electrons. The molecular weight excluding hydrogens is 300 g/mol. The fourth-order valence-electron chi connectivity index (χ4n) is 4.44. The van der Waals surface area contributed by atoms with Crippen molar-refractivity contribution in [2.75, 3.05) is 0 Å². The maximum absolute atomic E-state index is 2.57. The molecule has 152 valence electrons. The minimum atomic E-state index is 0.505. The van der Waals surface area contributed by atoms with Gasteiger partial charge in [0.15, 0.2) is 0 Å². The Hall–Kier alpha value is 0. The van der Waals surface area contributed by atoms with Crippen LogP contribution in [0.1, 0.15) is 127 Å². The van der Waals surface area contributed by atoms with Gasteiger partial charge in [-0.2, -0.15) is 0 Å². The van der Waals surface area contributed by atoms with Crippen molar-refractivity contribution < 1.29 is 0 Å². The molecule has 0 heterocycles. The lowest BCUT2D eigenvalue weighted by Gasteiger charge is -2.35. The third-order valence-electron chi connectivity index (χ3n) is 6.76. The van der Waals surface area contributed by atoms with E-state index >= 15 is 0 Å². The molecule has 0 nitrogen and oxygen atoms in total. The van der Waals surface area contributed by atoms with Gasteiger partial charge in [-0.15, -0.1) is 0 Å². The van der Waals surface area contributed by atoms with Gasteiger partial charge in [0.2, 0.25) is 0 Å². The van der Waals surface area contributed by atoms with Crippen LogP contribution >= 0.6 is 0 Å². The highest BCUT2D eigenvalue weighted by atomic mass is 14.3. The predicted octanol–water partition coefficient (Wildman–Crippen LogP) is 9.13. The van der Waals surface area contributed by atoms with Crippen LogP contribution < -0.4 is 0 Å². The molecule has 0 bridgehead atoms. The van der Waals surface area contributed by atoms with Crippen LogP contribution in [0.15, 0.2) is 0 Å². The third-order valence-corrected chi connectivity index (χ3v) is 6.76. The average Bonchev–Trinajstić information content (AvgIpc) is 2.53. The minimum absolute atomic E-state index is 0.505. The lowest BCUT2D eigenvalue weighted by molar-refractivity contribution is 0.160. The standard InChI is InChI=1S/C25H52/c1-10-14-23(16-13-15-21(6)11-2)18-22(7)24(17-20(4)5)19-25(8,9)12-3/h20-24H,10-19H2,1-9H3. The second-order valence-electron chi connectivity index (χ2n) is 10.4. The fraction of sp³-hybridized carbons (Fsp3) is 1.00. The molecule has 0 aliphatic rings. The van der Waals surface area contributed by atoms with E-state index in [0.29, 0.717) is 5.41 Å². The van der Waals surface area contributed by atoms with Gasteiger partial charge in [-0.3, -0.25) is 0 Å². The number of rotatable bonds is 15. The molecule has 4 unspecified atom stereocenters. The normalized spacial score (nSPS) is 17.5. The third kappa shape index (κ3) is 12.1. The van der Waals surface area contributed by atoms with Gasteiger partial charge < -0.3 is 0 Å². The van der Waals surface area contributed by atoms with E-state index in [1.54, 1.807) is 0 Å². The number of hydrogen-bond donors (Lipinski definition) is 0. The van der Waals surface area contributed by atoms with Gasteiger partial charge in [0.05, 0.1) is 0 Å². The second-order valence-corrected chi connectivity index (χ2v) is 10.4. The summed E-state index contributed by atoms with van der Waals surface area (Å²) >= 11 is 0. The Kier molecular flexibility index (Phi) is 13.2. The molecule has 0 saturated heterocycles. The first-order valence-electron chi connectivity index (χ1n) is 11.6. The molecule has 0 aromatic rings. The van der Waals surface area contributed by atoms with Gasteiger partial charge >= 0.3 is 0 Å². The summed E-state index contributed by atoms with van der Waals surface area (Å²) in [5.74, 6) is 4.49. The molecule has 4 atom stereocenters. The lowest BCUT2D eigenvalue weighted by Crippen LogP contribution is -2.24. The molecule has 0 fully saturated rings. The van der Waals surface area contributed by atoms with Crippen molar-refractivity contribution in [3.05, 3.63) is 0 Å². The molecule has 25 heavy (non-hydrogen) atoms. The SMILES string of the molecule is CCCC(CCCC(C)CC)CC(C)C(CC(C)C)CC(C)(C)CC. The monoisotopic (exact) mass is 352 g/mol. The van der Waals surface area contributed by atoms with E-state index in [1.807, 2.05) is 0 Å². The predicted molar refractivity (Wildman–Crippen MR) is 117 cm³/mol. The Labute approximate surface area is 161 Å². The topological polar surface area (TPSA) is 0 Å². The highest BCUT2D eigenvalue weighted by molar-refractivity contribution is 4.78. The van der Waals surface area contributed by atoms with Gasteiger partial charge in [-0.25, -0.2) is 0 Å². The number of hydrogen-bond acceptors (Lipinski definition) is 0. The first-order valence-corrected chi connectivity index (χ1v) is 11.6. The van der Waals surface area contributed by atoms with E-state index in [9.17, 15) is 0 Å². The van der Waals surface area contributed by atoms with Gasteiger partial charge in [-0.1, -0.05) is 107 Å². The second kappa shape index (κ2) is 13.2. The Bertz CT molecular complexity index is 301. The zero-order valence-electron chi connectivity index (χ0n) is 19.5. The fourth-order valence-corrected chi connectivity index (χ4v) is 4.44. The van der Waals surface area contributed by atoms with E-state index in [1.165, 1.54) is 64.2 Å². The largest absolute Gasteiger partial charge is 0.0654 e. The smallest absolute Gasteiger partial charge is 0.0354 e. The van der Waals surface area contributed by atoms with E-state index in [0.717, 1.165) is 29.6 Å². The quantitative estimate of drug-likeness (QED) is 0.275. The van der Waals surface area contributed by atoms with Crippen molar-refractivity contribution in [1.29, 1.82) is 0 Å². The summed E-state index contributed by atoms with van der Waals surface area (Å²) in [5.41, 5.74) is 0.505. The lowest BCUT2D eigenvalue weighted by atomic mass is 9.71. The van der Waals surface area contributed by atoms with Crippen LogP contribution in [0, 0.1) is 35.0 Å². The summed E-state index contributed by atoms with van der Waals surface area (Å²) in [6, 6.07) is 0.